The second-order valence-electron chi connectivity index (χ2n) is 9.25. The van der Waals surface area contributed by atoms with E-state index in [1.54, 1.807) is 18.2 Å². The number of ether oxygens (including phenoxy) is 1. The van der Waals surface area contributed by atoms with Crippen LogP contribution in [0.5, 0.6) is 5.06 Å². The number of hydrogen-bond donors (Lipinski definition) is 2. The smallest absolute Gasteiger partial charge is 0.449 e. The number of nitrogens with zero attached hydrogens (tertiary/aromatic N) is 1. The van der Waals surface area contributed by atoms with Gasteiger partial charge in [-0.15, -0.1) is 11.3 Å². The van der Waals surface area contributed by atoms with Crippen molar-refractivity contribution in [2.45, 2.75) is 69.9 Å². The molecule has 36 heavy (non-hydrogen) atoms. The van der Waals surface area contributed by atoms with E-state index < -0.39 is 36.6 Å². The first-order chi connectivity index (χ1) is 17.2. The standard InChI is InChI=1S/C27H33F2NO5S/c1-19(8-5-6-11-20-9-3-2-4-10-20)23(31)15-13-21-18-27(28,29)25(32)30(21)17-7-12-22-14-16-24(36-22)35-26(33)34/h2-4,9-10,13-16,19,21,23,31H,5-8,11-12,17-18H2,1H3,(H,33,34)/b15-13+/t19-,21+,23-/m1/s1. The molecular weight excluding hydrogens is 488 g/mol. The van der Waals surface area contributed by atoms with Gasteiger partial charge < -0.3 is 19.8 Å². The number of aryl methyl sites for hydroxylation is 2. The molecule has 9 heteroatoms. The van der Waals surface area contributed by atoms with Gasteiger partial charge in [0.15, 0.2) is 5.06 Å². The highest BCUT2D eigenvalue weighted by atomic mass is 32.1. The van der Waals surface area contributed by atoms with Gasteiger partial charge in [0.05, 0.1) is 12.1 Å². The molecular formula is C27H33F2NO5S. The third-order valence-electron chi connectivity index (χ3n) is 6.42. The second-order valence-corrected chi connectivity index (χ2v) is 10.4. The SMILES string of the molecule is C[C@H](CCCCc1ccccc1)[C@H](O)/C=C/[C@H]1CC(F)(F)C(=O)N1CCCc1ccc(OC(=O)O)s1. The fraction of sp³-hybridized carbons (Fsp3) is 0.481. The zero-order valence-electron chi connectivity index (χ0n) is 20.3. The van der Waals surface area contributed by atoms with E-state index in [0.29, 0.717) is 12.8 Å². The number of alkyl halides is 2. The first-order valence-electron chi connectivity index (χ1n) is 12.2. The molecule has 0 unspecified atom stereocenters. The molecule has 0 saturated carbocycles. The van der Waals surface area contributed by atoms with Crippen LogP contribution in [0, 0.1) is 5.92 Å². The number of amides is 1. The van der Waals surface area contributed by atoms with Crippen molar-refractivity contribution in [3.8, 4) is 5.06 Å². The lowest BCUT2D eigenvalue weighted by molar-refractivity contribution is -0.148. The number of hydrogen-bond acceptors (Lipinski definition) is 5. The van der Waals surface area contributed by atoms with Crippen LogP contribution in [0.2, 0.25) is 0 Å². The fourth-order valence-corrected chi connectivity index (χ4v) is 5.25. The highest BCUT2D eigenvalue weighted by Crippen LogP contribution is 2.35. The van der Waals surface area contributed by atoms with Crippen molar-refractivity contribution >= 4 is 23.4 Å². The van der Waals surface area contributed by atoms with E-state index in [1.165, 1.54) is 27.9 Å². The third kappa shape index (κ3) is 8.13. The van der Waals surface area contributed by atoms with E-state index in [9.17, 15) is 23.5 Å². The number of aliphatic hydroxyl groups is 1. The summed E-state index contributed by atoms with van der Waals surface area (Å²) in [5, 5.41) is 19.4. The molecule has 6 nitrogen and oxygen atoms in total. The minimum Gasteiger partial charge on any atom is -0.449 e. The summed E-state index contributed by atoms with van der Waals surface area (Å²) in [6, 6.07) is 12.7. The van der Waals surface area contributed by atoms with E-state index >= 15 is 0 Å². The molecule has 2 N–H and O–H groups in total. The zero-order chi connectivity index (χ0) is 26.1. The van der Waals surface area contributed by atoms with Gasteiger partial charge in [0.25, 0.3) is 5.91 Å². The van der Waals surface area contributed by atoms with Gasteiger partial charge in [-0.2, -0.15) is 8.78 Å². The largest absolute Gasteiger partial charge is 0.512 e. The summed E-state index contributed by atoms with van der Waals surface area (Å²) < 4.78 is 33.0. The average Bonchev–Trinajstić information content (AvgIpc) is 3.36. The Kier molecular flexibility index (Phi) is 10.0. The third-order valence-corrected chi connectivity index (χ3v) is 7.44. The fourth-order valence-electron chi connectivity index (χ4n) is 4.36. The maximum Gasteiger partial charge on any atom is 0.512 e. The molecule has 1 fully saturated rings. The number of benzene rings is 1. The number of carbonyl (C=O) groups is 2. The van der Waals surface area contributed by atoms with Crippen LogP contribution in [0.3, 0.4) is 0 Å². The second kappa shape index (κ2) is 13.0. The molecule has 0 bridgehead atoms. The summed E-state index contributed by atoms with van der Waals surface area (Å²) in [4.78, 5) is 24.9. The Morgan fingerprint density at radius 3 is 2.67 bits per heavy atom. The van der Waals surface area contributed by atoms with Gasteiger partial charge in [-0.05, 0) is 55.7 Å². The summed E-state index contributed by atoms with van der Waals surface area (Å²) in [6.07, 6.45) is 5.02. The molecule has 1 aromatic heterocycles. The van der Waals surface area contributed by atoms with E-state index in [2.05, 4.69) is 16.9 Å². The summed E-state index contributed by atoms with van der Waals surface area (Å²) >= 11 is 1.17. The molecule has 3 atom stereocenters. The summed E-state index contributed by atoms with van der Waals surface area (Å²) in [5.41, 5.74) is 1.28. The van der Waals surface area contributed by atoms with E-state index in [4.69, 9.17) is 5.11 Å². The van der Waals surface area contributed by atoms with E-state index in [1.807, 2.05) is 25.1 Å². The summed E-state index contributed by atoms with van der Waals surface area (Å²) in [7, 11) is 0. The topological polar surface area (TPSA) is 87.1 Å². The molecule has 0 radical (unpaired) electrons. The Morgan fingerprint density at radius 1 is 1.19 bits per heavy atom. The average molecular weight is 522 g/mol. The van der Waals surface area contributed by atoms with Crippen molar-refractivity contribution in [2.75, 3.05) is 6.54 Å². The predicted molar refractivity (Wildman–Crippen MR) is 135 cm³/mol. The van der Waals surface area contributed by atoms with Crippen molar-refractivity contribution in [1.29, 1.82) is 0 Å². The number of rotatable bonds is 13. The van der Waals surface area contributed by atoms with Crippen molar-refractivity contribution < 1.29 is 33.3 Å². The number of unbranched alkanes of at least 4 members (excludes halogenated alkanes) is 1. The van der Waals surface area contributed by atoms with Gasteiger partial charge in [0.1, 0.15) is 0 Å². The molecule has 3 rings (SSSR count). The molecule has 1 aromatic carbocycles. The molecule has 1 saturated heterocycles. The maximum absolute atomic E-state index is 14.2. The van der Waals surface area contributed by atoms with Gasteiger partial charge >= 0.3 is 12.1 Å². The Labute approximate surface area is 214 Å². The lowest BCUT2D eigenvalue weighted by atomic mass is 9.95. The van der Waals surface area contributed by atoms with Crippen LogP contribution >= 0.6 is 11.3 Å². The molecule has 1 aliphatic rings. The highest BCUT2D eigenvalue weighted by Gasteiger charge is 2.52. The van der Waals surface area contributed by atoms with Crippen LogP contribution in [-0.4, -0.2) is 51.8 Å². The number of aliphatic hydroxyl groups excluding tert-OH is 1. The summed E-state index contributed by atoms with van der Waals surface area (Å²) in [5.74, 6) is -4.64. The summed E-state index contributed by atoms with van der Waals surface area (Å²) in [6.45, 7) is 2.08. The van der Waals surface area contributed by atoms with Crippen molar-refractivity contribution in [2.24, 2.45) is 5.92 Å². The minimum absolute atomic E-state index is 0.0240. The highest BCUT2D eigenvalue weighted by molar-refractivity contribution is 7.13. The van der Waals surface area contributed by atoms with Crippen LogP contribution < -0.4 is 4.74 Å². The van der Waals surface area contributed by atoms with Gasteiger partial charge in [-0.25, -0.2) is 4.79 Å². The Bertz CT molecular complexity index is 1030. The van der Waals surface area contributed by atoms with Crippen LogP contribution in [0.1, 0.15) is 49.5 Å². The number of thiophene rings is 1. The van der Waals surface area contributed by atoms with Crippen molar-refractivity contribution in [3.63, 3.8) is 0 Å². The molecule has 1 amide bonds. The van der Waals surface area contributed by atoms with Gasteiger partial charge in [0.2, 0.25) is 0 Å². The zero-order valence-corrected chi connectivity index (χ0v) is 21.1. The molecule has 2 aromatic rings. The molecule has 196 valence electrons. The number of likely N-dealkylation sites (tertiary alicyclic amines) is 1. The first kappa shape index (κ1) is 27.8. The van der Waals surface area contributed by atoms with Crippen LogP contribution in [0.25, 0.3) is 0 Å². The van der Waals surface area contributed by atoms with Crippen LogP contribution in [-0.2, 0) is 17.6 Å². The number of halogens is 2. The predicted octanol–water partition coefficient (Wildman–Crippen LogP) is 5.94. The van der Waals surface area contributed by atoms with Gasteiger partial charge in [-0.3, -0.25) is 4.79 Å². The number of carbonyl (C=O) groups excluding carboxylic acids is 1. The Morgan fingerprint density at radius 2 is 1.94 bits per heavy atom. The number of carboxylic acid groups (broad SMARTS) is 1. The molecule has 0 aliphatic carbocycles. The lowest BCUT2D eigenvalue weighted by Crippen LogP contribution is -2.36. The lowest BCUT2D eigenvalue weighted by Gasteiger charge is -2.22. The maximum atomic E-state index is 14.2. The van der Waals surface area contributed by atoms with Crippen molar-refractivity contribution in [1.82, 2.24) is 4.90 Å². The minimum atomic E-state index is -3.42. The molecule has 1 aliphatic heterocycles. The van der Waals surface area contributed by atoms with E-state index in [0.717, 1.165) is 30.6 Å². The van der Waals surface area contributed by atoms with E-state index in [-0.39, 0.29) is 17.5 Å². The van der Waals surface area contributed by atoms with Gasteiger partial charge in [-0.1, -0.05) is 55.8 Å². The first-order valence-corrected chi connectivity index (χ1v) is 13.1. The van der Waals surface area contributed by atoms with Gasteiger partial charge in [0, 0.05) is 17.8 Å². The molecule has 0 spiro atoms. The monoisotopic (exact) mass is 521 g/mol. The van der Waals surface area contributed by atoms with Crippen molar-refractivity contribution in [3.05, 3.63) is 65.1 Å². The van der Waals surface area contributed by atoms with Crippen LogP contribution in [0.15, 0.2) is 54.6 Å². The normalized spacial score (nSPS) is 19.1. The quantitative estimate of drug-likeness (QED) is 0.194. The van der Waals surface area contributed by atoms with Crippen LogP contribution in [0.4, 0.5) is 13.6 Å². The molecule has 2 heterocycles. The Hall–Kier alpha value is -2.78. The Balaban J connectivity index is 1.47.